The monoisotopic (exact) mass is 422 g/mol. The number of guanidine groups is 1. The summed E-state index contributed by atoms with van der Waals surface area (Å²) >= 11 is 0. The summed E-state index contributed by atoms with van der Waals surface area (Å²) in [7, 11) is 1.90. The van der Waals surface area contributed by atoms with Gasteiger partial charge in [0.15, 0.2) is 5.96 Å². The largest absolute Gasteiger partial charge is 0.357 e. The van der Waals surface area contributed by atoms with Gasteiger partial charge in [0.1, 0.15) is 0 Å². The minimum Gasteiger partial charge on any atom is -0.357 e. The van der Waals surface area contributed by atoms with E-state index in [1.54, 1.807) is 10.9 Å². The molecule has 0 aliphatic heterocycles. The molecule has 1 aromatic heterocycles. The van der Waals surface area contributed by atoms with Crippen molar-refractivity contribution in [3.05, 3.63) is 18.0 Å². The number of nitrogens with zero attached hydrogens (tertiary/aromatic N) is 3. The molecule has 0 saturated carbocycles. The van der Waals surface area contributed by atoms with Crippen LogP contribution in [0.5, 0.6) is 0 Å². The second-order valence-corrected chi connectivity index (χ2v) is 5.01. The number of carbonyl (C=O) groups excluding carboxylic acids is 1. The average molecular weight is 422 g/mol. The summed E-state index contributed by atoms with van der Waals surface area (Å²) < 4.78 is 1.80. The Morgan fingerprint density at radius 2 is 2.00 bits per heavy atom. The van der Waals surface area contributed by atoms with Crippen LogP contribution in [0.1, 0.15) is 26.5 Å². The zero-order valence-electron chi connectivity index (χ0n) is 13.7. The van der Waals surface area contributed by atoms with Gasteiger partial charge in [-0.2, -0.15) is 5.10 Å². The molecule has 126 valence electrons. The molecular formula is C14H27IN6O. The van der Waals surface area contributed by atoms with Crippen molar-refractivity contribution in [3.8, 4) is 0 Å². The topological polar surface area (TPSA) is 83.3 Å². The maximum atomic E-state index is 11.4. The van der Waals surface area contributed by atoms with Gasteiger partial charge in [0.2, 0.25) is 5.91 Å². The Bertz CT molecular complexity index is 472. The van der Waals surface area contributed by atoms with E-state index in [1.165, 1.54) is 0 Å². The van der Waals surface area contributed by atoms with E-state index < -0.39 is 0 Å². The van der Waals surface area contributed by atoms with Crippen molar-refractivity contribution >= 4 is 35.8 Å². The molecule has 0 unspecified atom stereocenters. The first-order chi connectivity index (χ1) is 10.0. The van der Waals surface area contributed by atoms with E-state index in [9.17, 15) is 4.79 Å². The second-order valence-electron chi connectivity index (χ2n) is 5.01. The predicted octanol–water partition coefficient (Wildman–Crippen LogP) is 0.865. The van der Waals surface area contributed by atoms with Crippen LogP contribution in [-0.2, 0) is 18.4 Å². The minimum atomic E-state index is 0. The lowest BCUT2D eigenvalue weighted by atomic mass is 10.2. The quantitative estimate of drug-likeness (QED) is 0.264. The smallest absolute Gasteiger partial charge is 0.222 e. The van der Waals surface area contributed by atoms with Gasteiger partial charge in [-0.1, -0.05) is 13.8 Å². The first-order valence-corrected chi connectivity index (χ1v) is 7.31. The van der Waals surface area contributed by atoms with Crippen molar-refractivity contribution in [2.75, 3.05) is 19.6 Å². The number of aliphatic imine (C=N–C) groups is 1. The Hall–Kier alpha value is -1.32. The van der Waals surface area contributed by atoms with Gasteiger partial charge in [-0.15, -0.1) is 24.0 Å². The maximum Gasteiger partial charge on any atom is 0.222 e. The molecule has 0 aliphatic carbocycles. The molecule has 1 aromatic rings. The molecule has 0 atom stereocenters. The van der Waals surface area contributed by atoms with Gasteiger partial charge in [-0.05, 0) is 13.0 Å². The van der Waals surface area contributed by atoms with E-state index in [1.807, 2.05) is 33.9 Å². The number of rotatable bonds is 7. The fourth-order valence-electron chi connectivity index (χ4n) is 1.63. The lowest BCUT2D eigenvalue weighted by molar-refractivity contribution is -0.123. The third-order valence-corrected chi connectivity index (χ3v) is 2.91. The van der Waals surface area contributed by atoms with E-state index in [4.69, 9.17) is 0 Å². The second kappa shape index (κ2) is 11.3. The SMILES string of the molecule is CCNC(=NCc1ccnn1C)NCCNC(=O)C(C)C.I. The summed E-state index contributed by atoms with van der Waals surface area (Å²) in [6.45, 7) is 8.33. The molecule has 3 N–H and O–H groups in total. The van der Waals surface area contributed by atoms with Crippen LogP contribution in [0.15, 0.2) is 17.3 Å². The third-order valence-electron chi connectivity index (χ3n) is 2.91. The van der Waals surface area contributed by atoms with Gasteiger partial charge in [0.25, 0.3) is 0 Å². The van der Waals surface area contributed by atoms with Crippen LogP contribution in [0.25, 0.3) is 0 Å². The third kappa shape index (κ3) is 7.62. The zero-order chi connectivity index (χ0) is 15.7. The molecule has 1 amide bonds. The lowest BCUT2D eigenvalue weighted by Gasteiger charge is -2.12. The highest BCUT2D eigenvalue weighted by Crippen LogP contribution is 1.97. The number of hydrogen-bond acceptors (Lipinski definition) is 3. The molecule has 1 rings (SSSR count). The molecule has 1 heterocycles. The van der Waals surface area contributed by atoms with Crippen molar-refractivity contribution in [2.45, 2.75) is 27.3 Å². The fourth-order valence-corrected chi connectivity index (χ4v) is 1.63. The summed E-state index contributed by atoms with van der Waals surface area (Å²) in [4.78, 5) is 15.9. The number of nitrogens with one attached hydrogen (secondary N) is 3. The Morgan fingerprint density at radius 1 is 1.32 bits per heavy atom. The van der Waals surface area contributed by atoms with Gasteiger partial charge in [-0.3, -0.25) is 9.48 Å². The van der Waals surface area contributed by atoms with Gasteiger partial charge in [0, 0.05) is 38.8 Å². The number of carbonyl (C=O) groups is 1. The summed E-state index contributed by atoms with van der Waals surface area (Å²) in [6.07, 6.45) is 1.76. The Kier molecular flexibility index (Phi) is 10.6. The normalized spacial score (nSPS) is 11.0. The molecule has 0 saturated heterocycles. The Morgan fingerprint density at radius 3 is 2.55 bits per heavy atom. The van der Waals surface area contributed by atoms with Gasteiger partial charge >= 0.3 is 0 Å². The Labute approximate surface area is 149 Å². The maximum absolute atomic E-state index is 11.4. The van der Waals surface area contributed by atoms with Gasteiger partial charge < -0.3 is 16.0 Å². The molecule has 8 heteroatoms. The first kappa shape index (κ1) is 20.7. The number of amides is 1. The average Bonchev–Trinajstić information content (AvgIpc) is 2.85. The van der Waals surface area contributed by atoms with Crippen molar-refractivity contribution in [1.82, 2.24) is 25.7 Å². The highest BCUT2D eigenvalue weighted by molar-refractivity contribution is 14.0. The standard InChI is InChI=1S/C14H26N6O.HI/c1-5-15-14(17-9-8-16-13(21)11(2)3)18-10-12-6-7-19-20(12)4;/h6-7,11H,5,8-10H2,1-4H3,(H,16,21)(H2,15,17,18);1H. The predicted molar refractivity (Wildman–Crippen MR) is 99.3 cm³/mol. The fraction of sp³-hybridized carbons (Fsp3) is 0.643. The Balaban J connectivity index is 0.00000441. The molecule has 0 fully saturated rings. The highest BCUT2D eigenvalue weighted by atomic mass is 127. The number of aromatic nitrogens is 2. The molecular weight excluding hydrogens is 395 g/mol. The van der Waals surface area contributed by atoms with Crippen LogP contribution in [0.3, 0.4) is 0 Å². The number of halogens is 1. The van der Waals surface area contributed by atoms with E-state index in [0.717, 1.165) is 18.2 Å². The minimum absolute atomic E-state index is 0. The number of hydrogen-bond donors (Lipinski definition) is 3. The van der Waals surface area contributed by atoms with E-state index in [-0.39, 0.29) is 35.8 Å². The number of aryl methyl sites for hydroxylation is 1. The molecule has 0 aromatic carbocycles. The molecule has 22 heavy (non-hydrogen) atoms. The first-order valence-electron chi connectivity index (χ1n) is 7.31. The molecule has 0 aliphatic rings. The van der Waals surface area contributed by atoms with Crippen LogP contribution in [0, 0.1) is 5.92 Å². The summed E-state index contributed by atoms with van der Waals surface area (Å²) in [5.41, 5.74) is 1.04. The van der Waals surface area contributed by atoms with Gasteiger partial charge in [0.05, 0.1) is 12.2 Å². The molecule has 0 radical (unpaired) electrons. The van der Waals surface area contributed by atoms with E-state index in [0.29, 0.717) is 19.6 Å². The lowest BCUT2D eigenvalue weighted by Crippen LogP contribution is -2.42. The van der Waals surface area contributed by atoms with Crippen LogP contribution >= 0.6 is 24.0 Å². The van der Waals surface area contributed by atoms with E-state index >= 15 is 0 Å². The van der Waals surface area contributed by atoms with E-state index in [2.05, 4.69) is 26.0 Å². The van der Waals surface area contributed by atoms with Crippen LogP contribution in [0.2, 0.25) is 0 Å². The van der Waals surface area contributed by atoms with Crippen LogP contribution < -0.4 is 16.0 Å². The molecule has 7 nitrogen and oxygen atoms in total. The summed E-state index contributed by atoms with van der Waals surface area (Å²) in [5.74, 6) is 0.808. The zero-order valence-corrected chi connectivity index (χ0v) is 16.0. The van der Waals surface area contributed by atoms with Crippen molar-refractivity contribution < 1.29 is 4.79 Å². The van der Waals surface area contributed by atoms with Crippen molar-refractivity contribution in [3.63, 3.8) is 0 Å². The highest BCUT2D eigenvalue weighted by Gasteiger charge is 2.05. The van der Waals surface area contributed by atoms with Crippen molar-refractivity contribution in [1.29, 1.82) is 0 Å². The van der Waals surface area contributed by atoms with Crippen LogP contribution in [-0.4, -0.2) is 41.3 Å². The van der Waals surface area contributed by atoms with Gasteiger partial charge in [-0.25, -0.2) is 4.99 Å². The molecule has 0 spiro atoms. The molecule has 0 bridgehead atoms. The van der Waals surface area contributed by atoms with Crippen LogP contribution in [0.4, 0.5) is 0 Å². The summed E-state index contributed by atoms with van der Waals surface area (Å²) in [6, 6.07) is 1.94. The van der Waals surface area contributed by atoms with Crippen molar-refractivity contribution in [2.24, 2.45) is 18.0 Å². The summed E-state index contributed by atoms with van der Waals surface area (Å²) in [5, 5.41) is 13.3.